The standard InChI is InChI=1S/C21H23N3O2S2/c1-14-9-10-24(11-12-28(14,25)26)20-18-17(15-5-3-2-4-6-15)13-27-21(18)23-19(22-20)16-7-8-16/h2-6,13-14,16H,7-12H2,1H3. The van der Waals surface area contributed by atoms with E-state index in [-0.39, 0.29) is 11.0 Å². The number of anilines is 1. The lowest BCUT2D eigenvalue weighted by Gasteiger charge is -2.23. The van der Waals surface area contributed by atoms with Crippen LogP contribution in [0.4, 0.5) is 5.82 Å². The van der Waals surface area contributed by atoms with E-state index in [1.807, 2.05) is 25.1 Å². The summed E-state index contributed by atoms with van der Waals surface area (Å²) in [5, 5.41) is 2.92. The van der Waals surface area contributed by atoms with Gasteiger partial charge in [0.2, 0.25) is 0 Å². The van der Waals surface area contributed by atoms with Gasteiger partial charge < -0.3 is 4.90 Å². The van der Waals surface area contributed by atoms with E-state index in [2.05, 4.69) is 22.4 Å². The monoisotopic (exact) mass is 413 g/mol. The number of hydrogen-bond acceptors (Lipinski definition) is 6. The SMILES string of the molecule is CC1CCN(c2nc(C3CC3)nc3scc(-c4ccccc4)c23)CCS1(=O)=O. The molecule has 3 aromatic rings. The zero-order valence-electron chi connectivity index (χ0n) is 15.8. The highest BCUT2D eigenvalue weighted by molar-refractivity contribution is 7.92. The molecular weight excluding hydrogens is 390 g/mol. The molecule has 0 bridgehead atoms. The van der Waals surface area contributed by atoms with Crippen LogP contribution < -0.4 is 4.90 Å². The van der Waals surface area contributed by atoms with Crippen molar-refractivity contribution in [3.05, 3.63) is 41.5 Å². The third kappa shape index (κ3) is 3.20. The van der Waals surface area contributed by atoms with Crippen LogP contribution in [0.3, 0.4) is 0 Å². The Kier molecular flexibility index (Phi) is 4.39. The highest BCUT2D eigenvalue weighted by atomic mass is 32.2. The predicted molar refractivity (Wildman–Crippen MR) is 115 cm³/mol. The van der Waals surface area contributed by atoms with Crippen molar-refractivity contribution in [2.45, 2.75) is 37.4 Å². The molecule has 0 radical (unpaired) electrons. The van der Waals surface area contributed by atoms with Gasteiger partial charge >= 0.3 is 0 Å². The number of thiophene rings is 1. The van der Waals surface area contributed by atoms with E-state index in [4.69, 9.17) is 9.97 Å². The predicted octanol–water partition coefficient (Wildman–Crippen LogP) is 4.25. The first-order valence-electron chi connectivity index (χ1n) is 9.84. The van der Waals surface area contributed by atoms with Crippen molar-refractivity contribution < 1.29 is 8.42 Å². The minimum Gasteiger partial charge on any atom is -0.355 e. The Bertz CT molecular complexity index is 1120. The van der Waals surface area contributed by atoms with Gasteiger partial charge in [-0.15, -0.1) is 11.3 Å². The molecule has 2 aliphatic rings. The van der Waals surface area contributed by atoms with Crippen LogP contribution in [0.25, 0.3) is 21.3 Å². The van der Waals surface area contributed by atoms with Gasteiger partial charge in [-0.25, -0.2) is 18.4 Å². The summed E-state index contributed by atoms with van der Waals surface area (Å²) in [4.78, 5) is 13.0. The number of aromatic nitrogens is 2. The Morgan fingerprint density at radius 1 is 1.07 bits per heavy atom. The van der Waals surface area contributed by atoms with Gasteiger partial charge in [-0.3, -0.25) is 0 Å². The fourth-order valence-corrected chi connectivity index (χ4v) is 6.09. The van der Waals surface area contributed by atoms with E-state index in [9.17, 15) is 8.42 Å². The van der Waals surface area contributed by atoms with Gasteiger partial charge in [0.1, 0.15) is 16.5 Å². The lowest BCUT2D eigenvalue weighted by Crippen LogP contribution is -2.28. The minimum absolute atomic E-state index is 0.184. The van der Waals surface area contributed by atoms with Crippen molar-refractivity contribution in [2.75, 3.05) is 23.7 Å². The molecule has 146 valence electrons. The molecule has 2 fully saturated rings. The number of rotatable bonds is 3. The topological polar surface area (TPSA) is 63.2 Å². The van der Waals surface area contributed by atoms with E-state index in [0.29, 0.717) is 25.4 Å². The molecule has 1 atom stereocenters. The van der Waals surface area contributed by atoms with Gasteiger partial charge in [0.15, 0.2) is 9.84 Å². The maximum atomic E-state index is 12.4. The molecule has 0 spiro atoms. The van der Waals surface area contributed by atoms with Crippen LogP contribution >= 0.6 is 11.3 Å². The van der Waals surface area contributed by atoms with Gasteiger partial charge in [-0.2, -0.15) is 0 Å². The van der Waals surface area contributed by atoms with Gasteiger partial charge in [-0.1, -0.05) is 30.3 Å². The van der Waals surface area contributed by atoms with Gasteiger partial charge in [-0.05, 0) is 31.7 Å². The summed E-state index contributed by atoms with van der Waals surface area (Å²) in [6.45, 7) is 3.03. The number of hydrogen-bond donors (Lipinski definition) is 0. The molecule has 1 aromatic carbocycles. The average molecular weight is 414 g/mol. The maximum absolute atomic E-state index is 12.4. The molecule has 5 nitrogen and oxygen atoms in total. The quantitative estimate of drug-likeness (QED) is 0.642. The first-order valence-corrected chi connectivity index (χ1v) is 12.4. The molecule has 5 rings (SSSR count). The highest BCUT2D eigenvalue weighted by Gasteiger charge is 2.32. The van der Waals surface area contributed by atoms with Crippen LogP contribution in [0.1, 0.15) is 37.9 Å². The summed E-state index contributed by atoms with van der Waals surface area (Å²) in [5.74, 6) is 2.48. The smallest absolute Gasteiger partial charge is 0.154 e. The normalized spacial score (nSPS) is 22.3. The molecule has 2 aromatic heterocycles. The van der Waals surface area contributed by atoms with Gasteiger partial charge in [0.05, 0.1) is 16.4 Å². The van der Waals surface area contributed by atoms with E-state index < -0.39 is 9.84 Å². The van der Waals surface area contributed by atoms with Crippen molar-refractivity contribution >= 4 is 37.2 Å². The molecule has 1 aliphatic carbocycles. The molecule has 1 saturated carbocycles. The van der Waals surface area contributed by atoms with E-state index >= 15 is 0 Å². The fraction of sp³-hybridized carbons (Fsp3) is 0.429. The van der Waals surface area contributed by atoms with Crippen molar-refractivity contribution in [3.63, 3.8) is 0 Å². The second kappa shape index (κ2) is 6.81. The molecule has 7 heteroatoms. The van der Waals surface area contributed by atoms with E-state index in [1.54, 1.807) is 11.3 Å². The van der Waals surface area contributed by atoms with Crippen LogP contribution in [-0.4, -0.2) is 42.5 Å². The van der Waals surface area contributed by atoms with E-state index in [1.165, 1.54) is 0 Å². The van der Waals surface area contributed by atoms with Crippen molar-refractivity contribution in [2.24, 2.45) is 0 Å². The highest BCUT2D eigenvalue weighted by Crippen LogP contribution is 2.43. The maximum Gasteiger partial charge on any atom is 0.154 e. The third-order valence-corrected chi connectivity index (χ3v) is 8.91. The zero-order chi connectivity index (χ0) is 19.3. The molecule has 1 unspecified atom stereocenters. The minimum atomic E-state index is -3.04. The van der Waals surface area contributed by atoms with Crippen LogP contribution in [0.2, 0.25) is 0 Å². The van der Waals surface area contributed by atoms with Crippen LogP contribution in [0, 0.1) is 0 Å². The molecule has 1 aliphatic heterocycles. The summed E-state index contributed by atoms with van der Waals surface area (Å²) in [5.41, 5.74) is 2.28. The summed E-state index contributed by atoms with van der Waals surface area (Å²) in [6.07, 6.45) is 2.93. The second-order valence-corrected chi connectivity index (χ2v) is 11.2. The Labute approximate surface area is 169 Å². The average Bonchev–Trinajstić information content (AvgIpc) is 3.48. The zero-order valence-corrected chi connectivity index (χ0v) is 17.5. The summed E-state index contributed by atoms with van der Waals surface area (Å²) < 4.78 is 24.8. The Hall–Kier alpha value is -1.99. The lowest BCUT2D eigenvalue weighted by atomic mass is 10.1. The third-order valence-electron chi connectivity index (χ3n) is 5.82. The second-order valence-electron chi connectivity index (χ2n) is 7.83. The number of nitrogens with zero attached hydrogens (tertiary/aromatic N) is 3. The van der Waals surface area contributed by atoms with Crippen LogP contribution in [0.15, 0.2) is 35.7 Å². The summed E-state index contributed by atoms with van der Waals surface area (Å²) in [7, 11) is -3.04. The molecule has 0 amide bonds. The summed E-state index contributed by atoms with van der Waals surface area (Å²) in [6, 6.07) is 10.3. The van der Waals surface area contributed by atoms with Crippen LogP contribution in [-0.2, 0) is 9.84 Å². The number of sulfone groups is 1. The Morgan fingerprint density at radius 3 is 2.61 bits per heavy atom. The van der Waals surface area contributed by atoms with Gasteiger partial charge in [0, 0.05) is 30.0 Å². The summed E-state index contributed by atoms with van der Waals surface area (Å²) >= 11 is 1.66. The van der Waals surface area contributed by atoms with Crippen LogP contribution in [0.5, 0.6) is 0 Å². The Balaban J connectivity index is 1.66. The van der Waals surface area contributed by atoms with Gasteiger partial charge in [0.25, 0.3) is 0 Å². The number of fused-ring (bicyclic) bond motifs is 1. The molecule has 1 saturated heterocycles. The molecular formula is C21H23N3O2S2. The first-order chi connectivity index (χ1) is 13.5. The van der Waals surface area contributed by atoms with Crippen molar-refractivity contribution in [1.82, 2.24) is 9.97 Å². The molecule has 28 heavy (non-hydrogen) atoms. The Morgan fingerprint density at radius 2 is 1.86 bits per heavy atom. The number of benzene rings is 1. The largest absolute Gasteiger partial charge is 0.355 e. The lowest BCUT2D eigenvalue weighted by molar-refractivity contribution is 0.584. The first kappa shape index (κ1) is 18.1. The fourth-order valence-electron chi connectivity index (χ4n) is 3.80. The van der Waals surface area contributed by atoms with Crippen molar-refractivity contribution in [3.8, 4) is 11.1 Å². The molecule has 3 heterocycles. The van der Waals surface area contributed by atoms with E-state index in [0.717, 1.165) is 45.8 Å². The van der Waals surface area contributed by atoms with Crippen molar-refractivity contribution in [1.29, 1.82) is 0 Å². The molecule has 0 N–H and O–H groups in total.